The summed E-state index contributed by atoms with van der Waals surface area (Å²) in [4.78, 5) is 2.50. The molecule has 0 radical (unpaired) electrons. The van der Waals surface area contributed by atoms with E-state index in [1.54, 1.807) is 0 Å². The zero-order chi connectivity index (χ0) is 36.6. The van der Waals surface area contributed by atoms with Crippen molar-refractivity contribution >= 4 is 0 Å². The summed E-state index contributed by atoms with van der Waals surface area (Å²) in [6, 6.07) is 0. The first-order valence-electron chi connectivity index (χ1n) is 22.2. The highest BCUT2D eigenvalue weighted by molar-refractivity contribution is 5.33. The molecule has 2 atom stereocenters. The number of dihydropyridines is 1. The molecular formula is C48H80N2O2. The lowest BCUT2D eigenvalue weighted by Crippen LogP contribution is -2.35. The van der Waals surface area contributed by atoms with Crippen molar-refractivity contribution in [3.8, 4) is 0 Å². The van der Waals surface area contributed by atoms with Gasteiger partial charge in [0.25, 0.3) is 0 Å². The first-order valence-corrected chi connectivity index (χ1v) is 22.2. The fraction of sp³-hybridized carbons (Fsp3) is 0.708. The van der Waals surface area contributed by atoms with Gasteiger partial charge in [0.1, 0.15) is 12.2 Å². The van der Waals surface area contributed by atoms with E-state index < -0.39 is 0 Å². The van der Waals surface area contributed by atoms with Gasteiger partial charge in [-0.25, -0.2) is 0 Å². The molecule has 2 unspecified atom stereocenters. The number of fused-ring (bicyclic) bond motifs is 1. The molecule has 0 aromatic heterocycles. The number of likely N-dealkylation sites (tertiary alicyclic amines) is 1. The molecule has 294 valence electrons. The molecule has 3 rings (SSSR count). The Morgan fingerprint density at radius 3 is 1.40 bits per heavy atom. The molecular weight excluding hydrogens is 637 g/mol. The molecule has 4 nitrogen and oxygen atoms in total. The summed E-state index contributed by atoms with van der Waals surface area (Å²) in [6.45, 7) is 7.46. The van der Waals surface area contributed by atoms with Gasteiger partial charge in [0.15, 0.2) is 5.79 Å². The molecule has 0 aromatic carbocycles. The smallest absolute Gasteiger partial charge is 0.169 e. The van der Waals surface area contributed by atoms with Crippen LogP contribution in [0.1, 0.15) is 181 Å². The summed E-state index contributed by atoms with van der Waals surface area (Å²) in [5.41, 5.74) is 1.27. The molecule has 0 bridgehead atoms. The predicted octanol–water partition coefficient (Wildman–Crippen LogP) is 13.7. The maximum absolute atomic E-state index is 6.90. The average Bonchev–Trinajstić information content (AvgIpc) is 3.70. The highest BCUT2D eigenvalue weighted by atomic mass is 16.8. The van der Waals surface area contributed by atoms with Crippen molar-refractivity contribution in [2.75, 3.05) is 19.6 Å². The number of unbranched alkanes of at least 4 members (excludes halogenated alkanes) is 18. The molecule has 4 heteroatoms. The van der Waals surface area contributed by atoms with Crippen LogP contribution in [0.15, 0.2) is 84.8 Å². The molecule has 3 aliphatic rings. The standard InChI is InChI=1S/C48H80N2O2/c1-3-5-7-9-11-13-15-17-19-21-23-25-27-29-31-33-38-48(39-34-32-30-28-26-24-22-20-18-16-14-12-10-8-6-4-2)51-46-43-50(44-47(46)52-48)42-37-45-35-40-49-41-36-45/h11-14,17-20,35-37,40-41,46-47,49H,3-10,15-16,21-34,38-39,42-44H2,1-2H3. The highest BCUT2D eigenvalue weighted by Crippen LogP contribution is 2.40. The van der Waals surface area contributed by atoms with E-state index in [2.05, 4.69) is 90.9 Å². The van der Waals surface area contributed by atoms with Crippen molar-refractivity contribution in [3.05, 3.63) is 84.8 Å². The van der Waals surface area contributed by atoms with E-state index in [9.17, 15) is 0 Å². The molecule has 0 saturated carbocycles. The van der Waals surface area contributed by atoms with Crippen LogP contribution in [-0.2, 0) is 9.47 Å². The lowest BCUT2D eigenvalue weighted by atomic mass is 9.98. The Hall–Kier alpha value is -2.14. The molecule has 0 spiro atoms. The molecule has 3 aliphatic heterocycles. The number of nitrogens with one attached hydrogen (secondary N) is 1. The Morgan fingerprint density at radius 1 is 0.558 bits per heavy atom. The maximum Gasteiger partial charge on any atom is 0.169 e. The summed E-state index contributed by atoms with van der Waals surface area (Å²) >= 11 is 0. The third-order valence-corrected chi connectivity index (χ3v) is 10.9. The Morgan fingerprint density at radius 2 is 0.962 bits per heavy atom. The van der Waals surface area contributed by atoms with Crippen LogP contribution in [0, 0.1) is 0 Å². The number of nitrogens with zero attached hydrogens (tertiary/aromatic N) is 1. The Bertz CT molecular complexity index is 1000. The summed E-state index contributed by atoms with van der Waals surface area (Å²) in [7, 11) is 0. The quantitative estimate of drug-likeness (QED) is 0.0555. The van der Waals surface area contributed by atoms with E-state index in [0.717, 1.165) is 45.3 Å². The maximum atomic E-state index is 6.90. The lowest BCUT2D eigenvalue weighted by molar-refractivity contribution is -0.193. The Balaban J connectivity index is 1.29. The molecule has 2 fully saturated rings. The van der Waals surface area contributed by atoms with Crippen molar-refractivity contribution in [2.24, 2.45) is 0 Å². The Kier molecular flexibility index (Phi) is 25.7. The summed E-state index contributed by atoms with van der Waals surface area (Å²) < 4.78 is 13.8. The second-order valence-corrected chi connectivity index (χ2v) is 15.6. The van der Waals surface area contributed by atoms with Crippen molar-refractivity contribution in [1.82, 2.24) is 10.2 Å². The number of hydrogen-bond acceptors (Lipinski definition) is 4. The van der Waals surface area contributed by atoms with Crippen LogP contribution in [0.5, 0.6) is 0 Å². The largest absolute Gasteiger partial charge is 0.368 e. The van der Waals surface area contributed by atoms with Crippen LogP contribution in [0.2, 0.25) is 0 Å². The monoisotopic (exact) mass is 717 g/mol. The SMILES string of the molecule is CCCCCC=CCC=CCCCCCCCCC1(CCCCCCCCC=CCC=CCCCCC)OC2CN(CC=C3C=CNC=C3)CC2O1. The fourth-order valence-corrected chi connectivity index (χ4v) is 7.67. The van der Waals surface area contributed by atoms with Crippen LogP contribution in [0.4, 0.5) is 0 Å². The highest BCUT2D eigenvalue weighted by Gasteiger charge is 2.50. The molecule has 1 N–H and O–H groups in total. The van der Waals surface area contributed by atoms with Gasteiger partial charge in [-0.05, 0) is 94.8 Å². The minimum atomic E-state index is -0.356. The van der Waals surface area contributed by atoms with Crippen molar-refractivity contribution < 1.29 is 9.47 Å². The van der Waals surface area contributed by atoms with E-state index in [-0.39, 0.29) is 18.0 Å². The van der Waals surface area contributed by atoms with Crippen molar-refractivity contribution in [1.29, 1.82) is 0 Å². The predicted molar refractivity (Wildman–Crippen MR) is 226 cm³/mol. The van der Waals surface area contributed by atoms with Gasteiger partial charge in [-0.15, -0.1) is 0 Å². The normalized spacial score (nSPS) is 21.9. The summed E-state index contributed by atoms with van der Waals surface area (Å²) in [5.74, 6) is -0.356. The molecule has 52 heavy (non-hydrogen) atoms. The number of allylic oxidation sites excluding steroid dienone is 11. The van der Waals surface area contributed by atoms with Gasteiger partial charge in [0.05, 0.1) is 0 Å². The van der Waals surface area contributed by atoms with E-state index in [1.165, 1.54) is 147 Å². The molecule has 0 aromatic rings. The molecule has 3 heterocycles. The minimum absolute atomic E-state index is 0.215. The van der Waals surface area contributed by atoms with Gasteiger partial charge in [-0.1, -0.05) is 146 Å². The Labute approximate surface area is 322 Å². The third-order valence-electron chi connectivity index (χ3n) is 10.9. The molecule has 0 aliphatic carbocycles. The first kappa shape index (κ1) is 44.3. The average molecular weight is 717 g/mol. The van der Waals surface area contributed by atoms with E-state index in [1.807, 2.05) is 12.4 Å². The van der Waals surface area contributed by atoms with Crippen LogP contribution >= 0.6 is 0 Å². The number of rotatable bonds is 32. The van der Waals surface area contributed by atoms with Gasteiger partial charge < -0.3 is 14.8 Å². The number of hydrogen-bond donors (Lipinski definition) is 1. The number of ether oxygens (including phenoxy) is 2. The minimum Gasteiger partial charge on any atom is -0.368 e. The second kappa shape index (κ2) is 30.2. The van der Waals surface area contributed by atoms with E-state index >= 15 is 0 Å². The van der Waals surface area contributed by atoms with Gasteiger partial charge in [0, 0.05) is 44.9 Å². The van der Waals surface area contributed by atoms with Crippen LogP contribution in [0.25, 0.3) is 0 Å². The van der Waals surface area contributed by atoms with Gasteiger partial charge in [-0.3, -0.25) is 4.90 Å². The zero-order valence-corrected chi connectivity index (χ0v) is 33.9. The van der Waals surface area contributed by atoms with Crippen molar-refractivity contribution in [2.45, 2.75) is 199 Å². The van der Waals surface area contributed by atoms with Gasteiger partial charge in [-0.2, -0.15) is 0 Å². The second-order valence-electron chi connectivity index (χ2n) is 15.6. The van der Waals surface area contributed by atoms with Crippen molar-refractivity contribution in [3.63, 3.8) is 0 Å². The van der Waals surface area contributed by atoms with Gasteiger partial charge >= 0.3 is 0 Å². The summed E-state index contributed by atoms with van der Waals surface area (Å²) in [5, 5.41) is 3.12. The van der Waals surface area contributed by atoms with Crippen LogP contribution in [-0.4, -0.2) is 42.5 Å². The molecule has 2 saturated heterocycles. The van der Waals surface area contributed by atoms with Gasteiger partial charge in [0.2, 0.25) is 0 Å². The van der Waals surface area contributed by atoms with Crippen LogP contribution in [0.3, 0.4) is 0 Å². The van der Waals surface area contributed by atoms with Crippen LogP contribution < -0.4 is 5.32 Å². The fourth-order valence-electron chi connectivity index (χ4n) is 7.67. The van der Waals surface area contributed by atoms with E-state index in [4.69, 9.17) is 9.47 Å². The zero-order valence-electron chi connectivity index (χ0n) is 33.9. The van der Waals surface area contributed by atoms with E-state index in [0.29, 0.717) is 0 Å². The molecule has 0 amide bonds. The topological polar surface area (TPSA) is 33.7 Å². The lowest BCUT2D eigenvalue weighted by Gasteiger charge is -2.30. The first-order chi connectivity index (χ1) is 25.7. The third kappa shape index (κ3) is 20.9. The summed E-state index contributed by atoms with van der Waals surface area (Å²) in [6.07, 6.45) is 62.8.